The third-order valence-corrected chi connectivity index (χ3v) is 8.45. The quantitative estimate of drug-likeness (QED) is 0.716. The summed E-state index contributed by atoms with van der Waals surface area (Å²) in [5, 5.41) is 11.0. The molecule has 3 aliphatic carbocycles. The van der Waals surface area contributed by atoms with E-state index >= 15 is 0 Å². The van der Waals surface area contributed by atoms with E-state index < -0.39 is 6.10 Å². The second kappa shape index (κ2) is 7.98. The molecule has 0 amide bonds. The Morgan fingerprint density at radius 1 is 1.16 bits per heavy atom. The van der Waals surface area contributed by atoms with Crippen LogP contribution in [-0.2, 0) is 22.6 Å². The lowest BCUT2D eigenvalue weighted by molar-refractivity contribution is -0.150. The molecule has 164 valence electrons. The zero-order chi connectivity index (χ0) is 21.6. The van der Waals surface area contributed by atoms with Crippen LogP contribution >= 0.6 is 0 Å². The molecule has 4 nitrogen and oxygen atoms in total. The molecule has 2 fully saturated rings. The van der Waals surface area contributed by atoms with Crippen molar-refractivity contribution >= 4 is 5.97 Å². The number of ether oxygens (including phenoxy) is 2. The number of esters is 1. The van der Waals surface area contributed by atoms with Gasteiger partial charge in [0.05, 0.1) is 19.1 Å². The van der Waals surface area contributed by atoms with Crippen LogP contribution < -0.4 is 4.74 Å². The monoisotopic (exact) mass is 420 g/mol. The molecule has 0 aliphatic heterocycles. The van der Waals surface area contributed by atoms with Crippen molar-refractivity contribution in [1.29, 1.82) is 0 Å². The van der Waals surface area contributed by atoms with Gasteiger partial charge in [-0.2, -0.15) is 0 Å². The van der Waals surface area contributed by atoms with E-state index in [4.69, 9.17) is 9.47 Å². The van der Waals surface area contributed by atoms with Crippen LogP contribution in [0, 0.1) is 23.2 Å². The van der Waals surface area contributed by atoms with Crippen molar-refractivity contribution in [1.82, 2.24) is 0 Å². The lowest BCUT2D eigenvalue weighted by Crippen LogP contribution is -2.44. The Bertz CT molecular complexity index is 955. The second-order valence-corrected chi connectivity index (χ2v) is 9.91. The Labute approximate surface area is 184 Å². The standard InChI is InChI=1S/C27H32O4/c1-27-13-12-21-20-11-9-19(31-16-17-6-4-3-5-7-17)14-18(20)8-10-22(21)24(27)15-23(25(27)28)26(29)30-2/h3-7,9,11,14,21-25,28H,8,10,12-13,15-16H2,1-2H3/t21-,22-,23-,24+,25+,27+/m1/s1. The molecule has 2 aromatic carbocycles. The molecule has 1 N–H and O–H groups in total. The van der Waals surface area contributed by atoms with Crippen LogP contribution in [0.15, 0.2) is 48.5 Å². The summed E-state index contributed by atoms with van der Waals surface area (Å²) in [7, 11) is 1.43. The molecular formula is C27H32O4. The van der Waals surface area contributed by atoms with Crippen molar-refractivity contribution in [3.8, 4) is 5.75 Å². The predicted molar refractivity (Wildman–Crippen MR) is 119 cm³/mol. The number of carbonyl (C=O) groups is 1. The number of benzene rings is 2. The Hall–Kier alpha value is -2.33. The average Bonchev–Trinajstić information content (AvgIpc) is 3.08. The predicted octanol–water partition coefficient (Wildman–Crippen LogP) is 4.88. The average molecular weight is 421 g/mol. The Morgan fingerprint density at radius 2 is 1.97 bits per heavy atom. The molecule has 6 atom stereocenters. The topological polar surface area (TPSA) is 55.8 Å². The highest BCUT2D eigenvalue weighted by Gasteiger charge is 2.59. The van der Waals surface area contributed by atoms with Crippen LogP contribution in [0.25, 0.3) is 0 Å². The van der Waals surface area contributed by atoms with E-state index in [2.05, 4.69) is 37.3 Å². The first kappa shape index (κ1) is 20.6. The normalized spacial score (nSPS) is 33.7. The molecule has 5 rings (SSSR count). The van der Waals surface area contributed by atoms with E-state index in [9.17, 15) is 9.90 Å². The third kappa shape index (κ3) is 3.45. The van der Waals surface area contributed by atoms with Crippen molar-refractivity contribution in [3.63, 3.8) is 0 Å². The molecule has 2 aromatic rings. The molecule has 4 heteroatoms. The number of rotatable bonds is 4. The first-order valence-electron chi connectivity index (χ1n) is 11.6. The Kier molecular flexibility index (Phi) is 5.29. The number of aliphatic hydroxyl groups excluding tert-OH is 1. The highest BCUT2D eigenvalue weighted by molar-refractivity contribution is 5.73. The van der Waals surface area contributed by atoms with Crippen molar-refractivity contribution in [2.45, 2.75) is 57.7 Å². The second-order valence-electron chi connectivity index (χ2n) is 9.91. The first-order chi connectivity index (χ1) is 15.0. The molecule has 2 saturated carbocycles. The Balaban J connectivity index is 1.34. The molecule has 0 radical (unpaired) electrons. The summed E-state index contributed by atoms with van der Waals surface area (Å²) in [6, 6.07) is 16.9. The van der Waals surface area contributed by atoms with Gasteiger partial charge >= 0.3 is 5.97 Å². The molecule has 3 aliphatic rings. The molecule has 0 bridgehead atoms. The minimum atomic E-state index is -0.596. The molecule has 0 unspecified atom stereocenters. The van der Waals surface area contributed by atoms with Gasteiger partial charge in [-0.3, -0.25) is 4.79 Å². The van der Waals surface area contributed by atoms with Crippen LogP contribution in [-0.4, -0.2) is 24.3 Å². The summed E-state index contributed by atoms with van der Waals surface area (Å²) >= 11 is 0. The first-order valence-corrected chi connectivity index (χ1v) is 11.6. The summed E-state index contributed by atoms with van der Waals surface area (Å²) in [6.07, 6.45) is 4.32. The third-order valence-electron chi connectivity index (χ3n) is 8.45. The number of hydrogen-bond donors (Lipinski definition) is 1. The number of hydrogen-bond acceptors (Lipinski definition) is 4. The molecule has 0 spiro atoms. The maximum absolute atomic E-state index is 12.3. The fourth-order valence-corrected chi connectivity index (χ4v) is 6.79. The van der Waals surface area contributed by atoms with Crippen molar-refractivity contribution in [2.24, 2.45) is 23.2 Å². The van der Waals surface area contributed by atoms with Gasteiger partial charge in [0.2, 0.25) is 0 Å². The van der Waals surface area contributed by atoms with Gasteiger partial charge < -0.3 is 14.6 Å². The number of carbonyl (C=O) groups excluding carboxylic acids is 1. The summed E-state index contributed by atoms with van der Waals surface area (Å²) in [5.41, 5.74) is 3.84. The number of fused-ring (bicyclic) bond motifs is 5. The largest absolute Gasteiger partial charge is 0.489 e. The summed E-state index contributed by atoms with van der Waals surface area (Å²) in [5.74, 6) is 1.70. The summed E-state index contributed by atoms with van der Waals surface area (Å²) < 4.78 is 11.1. The van der Waals surface area contributed by atoms with Gasteiger partial charge in [0.15, 0.2) is 0 Å². The number of methoxy groups -OCH3 is 1. The zero-order valence-electron chi connectivity index (χ0n) is 18.4. The number of aryl methyl sites for hydroxylation is 1. The molecule has 31 heavy (non-hydrogen) atoms. The molecule has 0 heterocycles. The van der Waals surface area contributed by atoms with Gasteiger partial charge in [0, 0.05) is 0 Å². The minimum absolute atomic E-state index is 0.184. The van der Waals surface area contributed by atoms with Gasteiger partial charge in [-0.1, -0.05) is 43.3 Å². The maximum atomic E-state index is 12.3. The highest BCUT2D eigenvalue weighted by atomic mass is 16.5. The van der Waals surface area contributed by atoms with Crippen LogP contribution in [0.2, 0.25) is 0 Å². The van der Waals surface area contributed by atoms with Crippen molar-refractivity contribution in [2.75, 3.05) is 7.11 Å². The van der Waals surface area contributed by atoms with Gasteiger partial charge in [0.1, 0.15) is 12.4 Å². The maximum Gasteiger partial charge on any atom is 0.311 e. The molecular weight excluding hydrogens is 388 g/mol. The van der Waals surface area contributed by atoms with Crippen molar-refractivity contribution in [3.05, 3.63) is 65.2 Å². The fraction of sp³-hybridized carbons (Fsp3) is 0.519. The van der Waals surface area contributed by atoms with Crippen LogP contribution in [0.1, 0.15) is 55.2 Å². The van der Waals surface area contributed by atoms with E-state index in [0.717, 1.165) is 37.9 Å². The SMILES string of the molecule is COC(=O)[C@@H]1C[C@H]2[C@@H]3CCc4cc(OCc5ccccc5)ccc4[C@H]3CC[C@]2(C)[C@H]1O. The lowest BCUT2D eigenvalue weighted by Gasteiger charge is -2.50. The van der Waals surface area contributed by atoms with Gasteiger partial charge in [0.25, 0.3) is 0 Å². The minimum Gasteiger partial charge on any atom is -0.489 e. The van der Waals surface area contributed by atoms with E-state index in [1.807, 2.05) is 18.2 Å². The molecule has 0 saturated heterocycles. The summed E-state index contributed by atoms with van der Waals surface area (Å²) in [4.78, 5) is 12.3. The smallest absolute Gasteiger partial charge is 0.311 e. The molecule has 0 aromatic heterocycles. The number of aliphatic hydroxyl groups is 1. The van der Waals surface area contributed by atoms with Gasteiger partial charge in [-0.25, -0.2) is 0 Å². The van der Waals surface area contributed by atoms with Gasteiger partial charge in [-0.15, -0.1) is 0 Å². The fourth-order valence-electron chi connectivity index (χ4n) is 6.79. The van der Waals surface area contributed by atoms with Gasteiger partial charge in [-0.05, 0) is 84.1 Å². The lowest BCUT2D eigenvalue weighted by atomic mass is 9.55. The van der Waals surface area contributed by atoms with Crippen LogP contribution in [0.5, 0.6) is 5.75 Å². The summed E-state index contributed by atoms with van der Waals surface area (Å²) in [6.45, 7) is 2.77. The van der Waals surface area contributed by atoms with E-state index in [1.165, 1.54) is 23.8 Å². The zero-order valence-corrected chi connectivity index (χ0v) is 18.4. The van der Waals surface area contributed by atoms with E-state index in [0.29, 0.717) is 24.4 Å². The highest BCUT2D eigenvalue weighted by Crippen LogP contribution is 2.62. The van der Waals surface area contributed by atoms with E-state index in [1.54, 1.807) is 0 Å². The van der Waals surface area contributed by atoms with Crippen LogP contribution in [0.3, 0.4) is 0 Å². The Morgan fingerprint density at radius 3 is 2.74 bits per heavy atom. The van der Waals surface area contributed by atoms with Crippen molar-refractivity contribution < 1.29 is 19.4 Å². The van der Waals surface area contributed by atoms with E-state index in [-0.39, 0.29) is 17.3 Å². The van der Waals surface area contributed by atoms with Crippen LogP contribution in [0.4, 0.5) is 0 Å².